The van der Waals surface area contributed by atoms with Crippen molar-refractivity contribution in [2.75, 3.05) is 18.5 Å². The summed E-state index contributed by atoms with van der Waals surface area (Å²) < 4.78 is 1.81. The molecular formula is C18H20N8. The van der Waals surface area contributed by atoms with Crippen molar-refractivity contribution in [2.45, 2.75) is 13.3 Å². The molecule has 0 aliphatic carbocycles. The van der Waals surface area contributed by atoms with E-state index in [1.54, 1.807) is 17.1 Å². The second kappa shape index (κ2) is 6.55. The van der Waals surface area contributed by atoms with Crippen molar-refractivity contribution in [2.24, 2.45) is 7.05 Å². The van der Waals surface area contributed by atoms with Crippen LogP contribution in [0.1, 0.15) is 11.3 Å². The van der Waals surface area contributed by atoms with Gasteiger partial charge in [-0.2, -0.15) is 10.2 Å². The van der Waals surface area contributed by atoms with Crippen LogP contribution in [0.5, 0.6) is 0 Å². The highest BCUT2D eigenvalue weighted by Crippen LogP contribution is 2.29. The predicted molar refractivity (Wildman–Crippen MR) is 99.8 cm³/mol. The molecule has 0 spiro atoms. The molecule has 0 unspecified atom stereocenters. The lowest BCUT2D eigenvalue weighted by Gasteiger charge is -2.19. The molecule has 8 nitrogen and oxygen atoms in total. The Balaban J connectivity index is 1.78. The van der Waals surface area contributed by atoms with Crippen LogP contribution in [0.25, 0.3) is 22.4 Å². The lowest BCUT2D eigenvalue weighted by atomic mass is 10.2. The largest absolute Gasteiger partial charge is 0.359 e. The van der Waals surface area contributed by atoms with Gasteiger partial charge in [-0.05, 0) is 31.0 Å². The maximum Gasteiger partial charge on any atom is 0.165 e. The molecule has 0 saturated carbocycles. The fourth-order valence-electron chi connectivity index (χ4n) is 3.03. The average Bonchev–Trinajstić information content (AvgIpc) is 3.28. The van der Waals surface area contributed by atoms with E-state index in [1.807, 2.05) is 45.5 Å². The smallest absolute Gasteiger partial charge is 0.165 e. The summed E-state index contributed by atoms with van der Waals surface area (Å²) in [6.07, 6.45) is 8.16. The number of aromatic nitrogens is 7. The highest BCUT2D eigenvalue weighted by molar-refractivity contribution is 5.91. The molecule has 0 aliphatic rings. The normalized spacial score (nSPS) is 11.2. The molecular weight excluding hydrogens is 328 g/mol. The third kappa shape index (κ3) is 2.90. The summed E-state index contributed by atoms with van der Waals surface area (Å²) in [5.41, 5.74) is 3.79. The number of anilines is 1. The zero-order chi connectivity index (χ0) is 18.1. The molecule has 0 aromatic carbocycles. The Labute approximate surface area is 150 Å². The fourth-order valence-corrected chi connectivity index (χ4v) is 3.03. The van der Waals surface area contributed by atoms with Gasteiger partial charge in [-0.25, -0.2) is 9.97 Å². The third-order valence-electron chi connectivity index (χ3n) is 4.41. The maximum absolute atomic E-state index is 4.84. The molecule has 0 bridgehead atoms. The zero-order valence-corrected chi connectivity index (χ0v) is 15.0. The molecule has 0 amide bonds. The molecule has 0 fully saturated rings. The summed E-state index contributed by atoms with van der Waals surface area (Å²) in [6, 6.07) is 3.85. The van der Waals surface area contributed by atoms with Gasteiger partial charge in [-0.3, -0.25) is 14.8 Å². The van der Waals surface area contributed by atoms with Crippen molar-refractivity contribution >= 4 is 16.9 Å². The van der Waals surface area contributed by atoms with Crippen molar-refractivity contribution in [1.82, 2.24) is 34.9 Å². The van der Waals surface area contributed by atoms with Gasteiger partial charge < -0.3 is 4.90 Å². The molecule has 132 valence electrons. The van der Waals surface area contributed by atoms with Crippen LogP contribution in [-0.4, -0.2) is 48.5 Å². The average molecular weight is 348 g/mol. The Hall–Kier alpha value is -3.29. The number of nitrogens with zero attached hydrogens (tertiary/aromatic N) is 7. The lowest BCUT2D eigenvalue weighted by Crippen LogP contribution is -2.22. The summed E-state index contributed by atoms with van der Waals surface area (Å²) in [4.78, 5) is 15.9. The van der Waals surface area contributed by atoms with Crippen LogP contribution in [0.15, 0.2) is 36.9 Å². The summed E-state index contributed by atoms with van der Waals surface area (Å²) in [5.74, 6) is 1.53. The van der Waals surface area contributed by atoms with Crippen LogP contribution in [0.4, 0.5) is 5.82 Å². The maximum atomic E-state index is 4.84. The monoisotopic (exact) mass is 348 g/mol. The van der Waals surface area contributed by atoms with Crippen molar-refractivity contribution in [3.63, 3.8) is 0 Å². The number of fused-ring (bicyclic) bond motifs is 1. The fraction of sp³-hybridized carbons (Fsp3) is 0.278. The number of pyridine rings is 1. The molecule has 8 heteroatoms. The quantitative estimate of drug-likeness (QED) is 0.594. The van der Waals surface area contributed by atoms with Gasteiger partial charge in [0, 0.05) is 44.8 Å². The lowest BCUT2D eigenvalue weighted by molar-refractivity contribution is 0.773. The molecule has 0 atom stereocenters. The number of aryl methyl sites for hydroxylation is 2. The standard InChI is InChI=1S/C18H20N8/c1-12-15-17(25(2)8-6-13-9-20-21-10-13)22-16(14-5-4-7-19-11-14)23-18(15)26(3)24-12/h4-5,7,9-11H,6,8H2,1-3H3,(H,20,21). The molecule has 4 aromatic rings. The minimum atomic E-state index is 0.652. The number of hydrogen-bond acceptors (Lipinski definition) is 6. The molecule has 1 N–H and O–H groups in total. The number of rotatable bonds is 5. The number of hydrogen-bond donors (Lipinski definition) is 1. The number of nitrogens with one attached hydrogen (secondary N) is 1. The van der Waals surface area contributed by atoms with Gasteiger partial charge in [0.15, 0.2) is 11.5 Å². The molecule has 4 rings (SSSR count). The minimum Gasteiger partial charge on any atom is -0.359 e. The number of likely N-dealkylation sites (N-methyl/N-ethyl adjacent to an activating group) is 1. The summed E-state index contributed by atoms with van der Waals surface area (Å²) in [6.45, 7) is 2.80. The second-order valence-corrected chi connectivity index (χ2v) is 6.30. The molecule has 0 aliphatic heterocycles. The van der Waals surface area contributed by atoms with Crippen LogP contribution in [0.3, 0.4) is 0 Å². The summed E-state index contributed by atoms with van der Waals surface area (Å²) in [7, 11) is 3.95. The van der Waals surface area contributed by atoms with E-state index in [-0.39, 0.29) is 0 Å². The van der Waals surface area contributed by atoms with E-state index in [2.05, 4.69) is 25.2 Å². The van der Waals surface area contributed by atoms with Gasteiger partial charge in [-0.1, -0.05) is 0 Å². The highest BCUT2D eigenvalue weighted by Gasteiger charge is 2.18. The van der Waals surface area contributed by atoms with Gasteiger partial charge in [0.05, 0.1) is 17.3 Å². The van der Waals surface area contributed by atoms with Crippen LogP contribution in [0.2, 0.25) is 0 Å². The molecule has 4 heterocycles. The first-order valence-corrected chi connectivity index (χ1v) is 8.44. The van der Waals surface area contributed by atoms with Crippen molar-refractivity contribution in [3.8, 4) is 11.4 Å². The highest BCUT2D eigenvalue weighted by atomic mass is 15.3. The van der Waals surface area contributed by atoms with Crippen molar-refractivity contribution < 1.29 is 0 Å². The van der Waals surface area contributed by atoms with Crippen LogP contribution < -0.4 is 4.90 Å². The Kier molecular flexibility index (Phi) is 4.08. The summed E-state index contributed by atoms with van der Waals surface area (Å²) in [5, 5.41) is 12.4. The summed E-state index contributed by atoms with van der Waals surface area (Å²) >= 11 is 0. The van der Waals surface area contributed by atoms with E-state index < -0.39 is 0 Å². The van der Waals surface area contributed by atoms with Crippen LogP contribution in [-0.2, 0) is 13.5 Å². The van der Waals surface area contributed by atoms with E-state index in [0.29, 0.717) is 5.82 Å². The van der Waals surface area contributed by atoms with Crippen molar-refractivity contribution in [3.05, 3.63) is 48.2 Å². The minimum absolute atomic E-state index is 0.652. The van der Waals surface area contributed by atoms with Gasteiger partial charge in [-0.15, -0.1) is 0 Å². The molecule has 4 aromatic heterocycles. The van der Waals surface area contributed by atoms with Gasteiger partial charge in [0.2, 0.25) is 0 Å². The molecule has 0 radical (unpaired) electrons. The van der Waals surface area contributed by atoms with E-state index in [0.717, 1.165) is 46.6 Å². The SMILES string of the molecule is Cc1nn(C)c2nc(-c3cccnc3)nc(N(C)CCc3cn[nH]c3)c12. The second-order valence-electron chi connectivity index (χ2n) is 6.30. The van der Waals surface area contributed by atoms with E-state index >= 15 is 0 Å². The van der Waals surface area contributed by atoms with E-state index in [1.165, 1.54) is 0 Å². The predicted octanol–water partition coefficient (Wildman–Crippen LogP) is 2.14. The first-order valence-electron chi connectivity index (χ1n) is 8.44. The van der Waals surface area contributed by atoms with Crippen LogP contribution >= 0.6 is 0 Å². The van der Waals surface area contributed by atoms with E-state index in [9.17, 15) is 0 Å². The topological polar surface area (TPSA) is 88.4 Å². The number of aromatic amines is 1. The number of H-pyrrole nitrogens is 1. The Morgan fingerprint density at radius 3 is 2.85 bits per heavy atom. The zero-order valence-electron chi connectivity index (χ0n) is 15.0. The van der Waals surface area contributed by atoms with Gasteiger partial charge in [0.25, 0.3) is 0 Å². The Bertz CT molecular complexity index is 1020. The van der Waals surface area contributed by atoms with Crippen molar-refractivity contribution in [1.29, 1.82) is 0 Å². The first-order chi connectivity index (χ1) is 12.6. The third-order valence-corrected chi connectivity index (χ3v) is 4.41. The molecule has 26 heavy (non-hydrogen) atoms. The Morgan fingerprint density at radius 2 is 2.12 bits per heavy atom. The van der Waals surface area contributed by atoms with E-state index in [4.69, 9.17) is 9.97 Å². The first kappa shape index (κ1) is 16.2. The van der Waals surface area contributed by atoms with Gasteiger partial charge in [0.1, 0.15) is 5.82 Å². The van der Waals surface area contributed by atoms with Gasteiger partial charge >= 0.3 is 0 Å². The molecule has 0 saturated heterocycles. The Morgan fingerprint density at radius 1 is 1.23 bits per heavy atom. The van der Waals surface area contributed by atoms with Crippen LogP contribution in [0, 0.1) is 6.92 Å².